The van der Waals surface area contributed by atoms with E-state index in [0.29, 0.717) is 0 Å². The Balaban J connectivity index is 1.22. The van der Waals surface area contributed by atoms with Crippen LogP contribution in [-0.2, 0) is 4.79 Å². The summed E-state index contributed by atoms with van der Waals surface area (Å²) >= 11 is 1.81. The number of carbonyl (C=O) groups excluding carboxylic acids is 1. The van der Waals surface area contributed by atoms with Gasteiger partial charge in [0.2, 0.25) is 5.91 Å². The van der Waals surface area contributed by atoms with E-state index in [1.807, 2.05) is 23.6 Å². The summed E-state index contributed by atoms with van der Waals surface area (Å²) in [5.74, 6) is 0.213. The highest BCUT2D eigenvalue weighted by Gasteiger charge is 2.21. The van der Waals surface area contributed by atoms with Crippen molar-refractivity contribution in [2.75, 3.05) is 5.32 Å². The highest BCUT2D eigenvalue weighted by Crippen LogP contribution is 2.37. The summed E-state index contributed by atoms with van der Waals surface area (Å²) in [4.78, 5) is 23.4. The van der Waals surface area contributed by atoms with Crippen molar-refractivity contribution in [3.63, 3.8) is 0 Å². The molecule has 0 radical (unpaired) electrons. The number of anilines is 1. The highest BCUT2D eigenvalue weighted by atomic mass is 32.1. The number of carbonyl (C=O) groups is 1. The molecule has 1 fully saturated rings. The minimum atomic E-state index is 0.105. The van der Waals surface area contributed by atoms with E-state index in [-0.39, 0.29) is 11.8 Å². The fourth-order valence-corrected chi connectivity index (χ4v) is 6.66. The van der Waals surface area contributed by atoms with Crippen LogP contribution in [0.3, 0.4) is 0 Å². The van der Waals surface area contributed by atoms with Gasteiger partial charge in [-0.05, 0) is 67.8 Å². The molecule has 1 amide bonds. The lowest BCUT2D eigenvalue weighted by Gasteiger charge is -2.20. The molecular weight excluding hydrogens is 502 g/mol. The molecule has 0 aliphatic heterocycles. The third-order valence-electron chi connectivity index (χ3n) is 7.80. The van der Waals surface area contributed by atoms with Gasteiger partial charge in [0, 0.05) is 49.3 Å². The molecule has 194 valence electrons. The van der Waals surface area contributed by atoms with Gasteiger partial charge in [0.1, 0.15) is 5.69 Å². The summed E-state index contributed by atoms with van der Waals surface area (Å²) in [6.45, 7) is 2.14. The molecule has 4 heterocycles. The molecule has 39 heavy (non-hydrogen) atoms. The SMILES string of the molecule is Cc1ccc(-c2cccc3[nH]c(-c4n[nH]c5ccc(-c6cncc(NC(=O)C7CCCCC7)c6)cc45)cc23)s1. The number of hydrogen-bond acceptors (Lipinski definition) is 4. The van der Waals surface area contributed by atoms with Crippen molar-refractivity contribution >= 4 is 44.7 Å². The van der Waals surface area contributed by atoms with Crippen LogP contribution in [0, 0.1) is 12.8 Å². The first kappa shape index (κ1) is 23.9. The van der Waals surface area contributed by atoms with Crippen LogP contribution in [-0.4, -0.2) is 26.1 Å². The van der Waals surface area contributed by atoms with Crippen LogP contribution in [0.4, 0.5) is 5.69 Å². The Morgan fingerprint density at radius 1 is 0.923 bits per heavy atom. The van der Waals surface area contributed by atoms with Gasteiger partial charge in [-0.1, -0.05) is 37.5 Å². The predicted octanol–water partition coefficient (Wildman–Crippen LogP) is 8.33. The van der Waals surface area contributed by atoms with E-state index in [1.165, 1.54) is 27.1 Å². The highest BCUT2D eigenvalue weighted by molar-refractivity contribution is 7.15. The molecular formula is C32H29N5OS. The van der Waals surface area contributed by atoms with E-state index >= 15 is 0 Å². The second-order valence-corrected chi connectivity index (χ2v) is 11.8. The number of aromatic nitrogens is 4. The molecule has 0 bridgehead atoms. The Morgan fingerprint density at radius 2 is 1.82 bits per heavy atom. The molecule has 7 heteroatoms. The number of rotatable bonds is 5. The Morgan fingerprint density at radius 3 is 2.67 bits per heavy atom. The van der Waals surface area contributed by atoms with Gasteiger partial charge >= 0.3 is 0 Å². The largest absolute Gasteiger partial charge is 0.353 e. The van der Waals surface area contributed by atoms with E-state index in [2.05, 4.69) is 87.0 Å². The second kappa shape index (κ2) is 9.82. The van der Waals surface area contributed by atoms with Crippen LogP contribution in [0.25, 0.3) is 54.8 Å². The van der Waals surface area contributed by atoms with Gasteiger partial charge in [0.25, 0.3) is 0 Å². The van der Waals surface area contributed by atoms with Crippen LogP contribution in [0.2, 0.25) is 0 Å². The Labute approximate surface area is 230 Å². The summed E-state index contributed by atoms with van der Waals surface area (Å²) in [6.07, 6.45) is 9.01. The number of amides is 1. The van der Waals surface area contributed by atoms with Gasteiger partial charge in [0.05, 0.1) is 23.1 Å². The van der Waals surface area contributed by atoms with E-state index in [4.69, 9.17) is 0 Å². The summed E-state index contributed by atoms with van der Waals surface area (Å²) in [5, 5.41) is 13.2. The third kappa shape index (κ3) is 4.53. The molecule has 0 unspecified atom stereocenters. The van der Waals surface area contributed by atoms with Crippen molar-refractivity contribution < 1.29 is 4.79 Å². The molecule has 6 aromatic rings. The molecule has 1 saturated carbocycles. The molecule has 1 aliphatic carbocycles. The van der Waals surface area contributed by atoms with Crippen LogP contribution < -0.4 is 5.32 Å². The lowest BCUT2D eigenvalue weighted by atomic mass is 9.88. The zero-order valence-corrected chi connectivity index (χ0v) is 22.6. The number of thiophene rings is 1. The van der Waals surface area contributed by atoms with Crippen molar-refractivity contribution in [2.24, 2.45) is 5.92 Å². The van der Waals surface area contributed by atoms with Crippen molar-refractivity contribution in [3.8, 4) is 33.0 Å². The Kier molecular flexibility index (Phi) is 6.01. The maximum absolute atomic E-state index is 12.8. The number of benzene rings is 2. The fraction of sp³-hybridized carbons (Fsp3) is 0.219. The molecule has 1 aliphatic rings. The standard InChI is InChI=1S/C32H29N5OS/c1-19-10-13-30(39-19)24-8-5-9-27-25(24)16-29(35-27)31-26-15-21(11-12-28(26)36-37-31)22-14-23(18-33-17-22)34-32(38)20-6-3-2-4-7-20/h5,8-18,20,35H,2-4,6-7H2,1H3,(H,34,38)(H,36,37). The molecule has 0 spiro atoms. The minimum absolute atomic E-state index is 0.105. The van der Waals surface area contributed by atoms with Crippen molar-refractivity contribution in [2.45, 2.75) is 39.0 Å². The van der Waals surface area contributed by atoms with E-state index < -0.39 is 0 Å². The number of aryl methyl sites for hydroxylation is 1. The minimum Gasteiger partial charge on any atom is -0.353 e. The van der Waals surface area contributed by atoms with Crippen LogP contribution in [0.1, 0.15) is 37.0 Å². The third-order valence-corrected chi connectivity index (χ3v) is 8.84. The Hall–Kier alpha value is -4.23. The number of H-pyrrole nitrogens is 2. The molecule has 2 aromatic carbocycles. The summed E-state index contributed by atoms with van der Waals surface area (Å²) in [7, 11) is 0. The average molecular weight is 532 g/mol. The number of pyridine rings is 1. The van der Waals surface area contributed by atoms with Crippen LogP contribution >= 0.6 is 11.3 Å². The van der Waals surface area contributed by atoms with E-state index in [0.717, 1.165) is 70.3 Å². The maximum Gasteiger partial charge on any atom is 0.227 e. The summed E-state index contributed by atoms with van der Waals surface area (Å²) in [5.41, 5.74) is 7.86. The monoisotopic (exact) mass is 531 g/mol. The average Bonchev–Trinajstić information content (AvgIpc) is 3.71. The number of nitrogens with one attached hydrogen (secondary N) is 3. The van der Waals surface area contributed by atoms with Crippen LogP contribution in [0.15, 0.2) is 73.1 Å². The first-order chi connectivity index (χ1) is 19.1. The molecule has 0 saturated heterocycles. The second-order valence-electron chi connectivity index (χ2n) is 10.5. The van der Waals surface area contributed by atoms with Crippen molar-refractivity contribution in [3.05, 3.63) is 77.9 Å². The van der Waals surface area contributed by atoms with Gasteiger partial charge in [-0.3, -0.25) is 14.9 Å². The van der Waals surface area contributed by atoms with Crippen molar-refractivity contribution in [1.29, 1.82) is 0 Å². The van der Waals surface area contributed by atoms with E-state index in [9.17, 15) is 4.79 Å². The summed E-state index contributed by atoms with van der Waals surface area (Å²) in [6, 6.07) is 21.2. The number of hydrogen-bond donors (Lipinski definition) is 3. The number of nitrogens with zero attached hydrogens (tertiary/aromatic N) is 2. The number of fused-ring (bicyclic) bond motifs is 2. The molecule has 7 rings (SSSR count). The van der Waals surface area contributed by atoms with Gasteiger partial charge in [-0.25, -0.2) is 0 Å². The summed E-state index contributed by atoms with van der Waals surface area (Å²) < 4.78 is 0. The van der Waals surface area contributed by atoms with Gasteiger partial charge in [-0.2, -0.15) is 5.10 Å². The zero-order chi connectivity index (χ0) is 26.3. The fourth-order valence-electron chi connectivity index (χ4n) is 5.75. The van der Waals surface area contributed by atoms with Crippen LogP contribution in [0.5, 0.6) is 0 Å². The normalized spacial score (nSPS) is 14.3. The van der Waals surface area contributed by atoms with Gasteiger partial charge < -0.3 is 10.3 Å². The quantitative estimate of drug-likeness (QED) is 0.209. The molecule has 3 N–H and O–H groups in total. The topological polar surface area (TPSA) is 86.5 Å². The Bertz CT molecular complexity index is 1820. The van der Waals surface area contributed by atoms with E-state index in [1.54, 1.807) is 6.20 Å². The maximum atomic E-state index is 12.8. The van der Waals surface area contributed by atoms with Gasteiger partial charge in [0.15, 0.2) is 0 Å². The lowest BCUT2D eigenvalue weighted by molar-refractivity contribution is -0.120. The van der Waals surface area contributed by atoms with Crippen molar-refractivity contribution in [1.82, 2.24) is 20.2 Å². The molecule has 6 nitrogen and oxygen atoms in total. The lowest BCUT2D eigenvalue weighted by Crippen LogP contribution is -2.24. The predicted molar refractivity (Wildman–Crippen MR) is 160 cm³/mol. The molecule has 0 atom stereocenters. The number of aromatic amines is 2. The van der Waals surface area contributed by atoms with Gasteiger partial charge in [-0.15, -0.1) is 11.3 Å². The zero-order valence-electron chi connectivity index (χ0n) is 21.8. The first-order valence-corrected chi connectivity index (χ1v) is 14.4. The first-order valence-electron chi connectivity index (χ1n) is 13.6. The molecule has 4 aromatic heterocycles. The smallest absolute Gasteiger partial charge is 0.227 e.